The Morgan fingerprint density at radius 3 is 2.52 bits per heavy atom. The molecule has 2 aromatic carbocycles. The molecule has 2 unspecified atom stereocenters. The van der Waals surface area contributed by atoms with Gasteiger partial charge in [0.1, 0.15) is 11.5 Å². The first-order chi connectivity index (χ1) is 13.1. The molecule has 3 rings (SSSR count). The van der Waals surface area contributed by atoms with Gasteiger partial charge in [0.15, 0.2) is 0 Å². The van der Waals surface area contributed by atoms with Crippen LogP contribution in [0.4, 0.5) is 4.79 Å². The topological polar surface area (TPSA) is 84.9 Å². The largest absolute Gasteiger partial charge is 0.496 e. The number of para-hydroxylation sites is 1. The van der Waals surface area contributed by atoms with Gasteiger partial charge in [-0.05, 0) is 30.2 Å². The van der Waals surface area contributed by atoms with E-state index in [2.05, 4.69) is 5.32 Å². The Kier molecular flexibility index (Phi) is 6.36. The number of rotatable bonds is 8. The van der Waals surface area contributed by atoms with Crippen LogP contribution in [-0.4, -0.2) is 41.8 Å². The maximum Gasteiger partial charge on any atom is 0.286 e. The van der Waals surface area contributed by atoms with E-state index in [1.165, 1.54) is 0 Å². The number of amides is 2. The van der Waals surface area contributed by atoms with Crippen LogP contribution in [0.3, 0.4) is 0 Å². The molecule has 2 atom stereocenters. The summed E-state index contributed by atoms with van der Waals surface area (Å²) in [5, 5.41) is 11.3. The number of hydrogen-bond acceptors (Lipinski definition) is 6. The molecule has 27 heavy (non-hydrogen) atoms. The molecule has 1 aliphatic rings. The quantitative estimate of drug-likeness (QED) is 0.725. The maximum atomic E-state index is 11.6. The molecule has 0 aliphatic carbocycles. The van der Waals surface area contributed by atoms with Crippen LogP contribution in [-0.2, 0) is 11.2 Å². The Bertz CT molecular complexity index is 808. The van der Waals surface area contributed by atoms with Crippen LogP contribution in [0.2, 0.25) is 0 Å². The average molecular weight is 387 g/mol. The number of hydrogen-bond donors (Lipinski definition) is 2. The summed E-state index contributed by atoms with van der Waals surface area (Å²) in [4.78, 5) is 22.9. The molecule has 7 heteroatoms. The highest BCUT2D eigenvalue weighted by Gasteiger charge is 2.31. The Morgan fingerprint density at radius 2 is 1.89 bits per heavy atom. The van der Waals surface area contributed by atoms with Crippen LogP contribution >= 0.6 is 11.8 Å². The lowest BCUT2D eigenvalue weighted by Gasteiger charge is -2.18. The number of carbonyl (C=O) groups is 2. The molecule has 0 bridgehead atoms. The van der Waals surface area contributed by atoms with Crippen molar-refractivity contribution in [2.75, 3.05) is 20.3 Å². The second kappa shape index (κ2) is 8.92. The van der Waals surface area contributed by atoms with Crippen LogP contribution in [0, 0.1) is 0 Å². The smallest absolute Gasteiger partial charge is 0.286 e. The summed E-state index contributed by atoms with van der Waals surface area (Å²) in [5.74, 6) is 0.947. The number of benzene rings is 2. The van der Waals surface area contributed by atoms with Crippen molar-refractivity contribution in [3.8, 4) is 11.5 Å². The molecule has 142 valence electrons. The molecule has 1 saturated heterocycles. The van der Waals surface area contributed by atoms with Gasteiger partial charge < -0.3 is 14.6 Å². The predicted octanol–water partition coefficient (Wildman–Crippen LogP) is 2.74. The molecular weight excluding hydrogens is 366 g/mol. The third-order valence-electron chi connectivity index (χ3n) is 4.36. The number of nitrogens with one attached hydrogen (secondary N) is 1. The van der Waals surface area contributed by atoms with Gasteiger partial charge in [-0.3, -0.25) is 14.9 Å². The molecule has 0 radical (unpaired) electrons. The Hall–Kier alpha value is -2.51. The number of carbonyl (C=O) groups excluding carboxylic acids is 2. The van der Waals surface area contributed by atoms with E-state index in [9.17, 15) is 14.7 Å². The van der Waals surface area contributed by atoms with E-state index in [1.807, 2.05) is 48.5 Å². The summed E-state index contributed by atoms with van der Waals surface area (Å²) < 4.78 is 11.2. The van der Waals surface area contributed by atoms with Crippen LogP contribution in [0.15, 0.2) is 48.5 Å². The number of thioether (sulfide) groups is 1. The summed E-state index contributed by atoms with van der Waals surface area (Å²) in [5.41, 5.74) is 1.85. The van der Waals surface area contributed by atoms with Crippen LogP contribution < -0.4 is 14.8 Å². The second-order valence-electron chi connectivity index (χ2n) is 6.16. The fraction of sp³-hybridized carbons (Fsp3) is 0.300. The SMILES string of the molecule is COc1ccccc1C(CO)COc1ccc(CC2SC(=O)NC2=O)cc1. The predicted molar refractivity (Wildman–Crippen MR) is 103 cm³/mol. The molecule has 2 aromatic rings. The van der Waals surface area contributed by atoms with Gasteiger partial charge in [-0.1, -0.05) is 42.1 Å². The van der Waals surface area contributed by atoms with Crippen molar-refractivity contribution in [2.45, 2.75) is 17.6 Å². The molecule has 2 N–H and O–H groups in total. The first-order valence-corrected chi connectivity index (χ1v) is 9.45. The maximum absolute atomic E-state index is 11.6. The van der Waals surface area contributed by atoms with E-state index in [0.29, 0.717) is 18.8 Å². The van der Waals surface area contributed by atoms with Crippen molar-refractivity contribution >= 4 is 22.9 Å². The van der Waals surface area contributed by atoms with Crippen molar-refractivity contribution in [2.24, 2.45) is 0 Å². The normalized spacial score (nSPS) is 17.5. The number of aliphatic hydroxyl groups excluding tert-OH is 1. The molecule has 1 heterocycles. The van der Waals surface area contributed by atoms with E-state index in [-0.39, 0.29) is 28.9 Å². The molecule has 2 amide bonds. The van der Waals surface area contributed by atoms with E-state index >= 15 is 0 Å². The Labute approximate surface area is 161 Å². The van der Waals surface area contributed by atoms with Crippen molar-refractivity contribution in [1.29, 1.82) is 0 Å². The molecule has 6 nitrogen and oxygen atoms in total. The lowest BCUT2D eigenvalue weighted by atomic mass is 10.00. The number of aliphatic hydroxyl groups is 1. The van der Waals surface area contributed by atoms with Gasteiger partial charge in [0.05, 0.1) is 25.6 Å². The minimum Gasteiger partial charge on any atom is -0.496 e. The highest BCUT2D eigenvalue weighted by molar-refractivity contribution is 8.15. The first kappa shape index (κ1) is 19.3. The summed E-state index contributed by atoms with van der Waals surface area (Å²) in [6, 6.07) is 15.0. The zero-order chi connectivity index (χ0) is 19.2. The van der Waals surface area contributed by atoms with Gasteiger partial charge in [-0.15, -0.1) is 0 Å². The Balaban J connectivity index is 1.59. The molecule has 0 saturated carbocycles. The highest BCUT2D eigenvalue weighted by Crippen LogP contribution is 2.28. The molecule has 0 aromatic heterocycles. The first-order valence-electron chi connectivity index (χ1n) is 8.57. The molecule has 1 fully saturated rings. The lowest BCUT2D eigenvalue weighted by Crippen LogP contribution is -2.25. The minimum absolute atomic E-state index is 0.0551. The van der Waals surface area contributed by atoms with Crippen molar-refractivity contribution < 1.29 is 24.2 Å². The highest BCUT2D eigenvalue weighted by atomic mass is 32.2. The summed E-state index contributed by atoms with van der Waals surface area (Å²) in [6.45, 7) is 0.256. The average Bonchev–Trinajstić information content (AvgIpc) is 3.00. The van der Waals surface area contributed by atoms with E-state index < -0.39 is 0 Å². The Morgan fingerprint density at radius 1 is 1.15 bits per heavy atom. The van der Waals surface area contributed by atoms with Crippen LogP contribution in [0.25, 0.3) is 0 Å². The zero-order valence-corrected chi connectivity index (χ0v) is 15.7. The van der Waals surface area contributed by atoms with Gasteiger partial charge in [0, 0.05) is 11.5 Å². The van der Waals surface area contributed by atoms with Crippen molar-refractivity contribution in [3.05, 3.63) is 59.7 Å². The third kappa shape index (κ3) is 4.81. The van der Waals surface area contributed by atoms with E-state index in [0.717, 1.165) is 28.6 Å². The van der Waals surface area contributed by atoms with Gasteiger partial charge >= 0.3 is 0 Å². The molecular formula is C20H21NO5S. The standard InChI is InChI=1S/C20H21NO5S/c1-25-17-5-3-2-4-16(17)14(11-22)12-26-15-8-6-13(7-9-15)10-18-19(23)21-20(24)27-18/h2-9,14,18,22H,10-12H2,1H3,(H,21,23,24). The van der Waals surface area contributed by atoms with Crippen molar-refractivity contribution in [1.82, 2.24) is 5.32 Å². The van der Waals surface area contributed by atoms with E-state index in [4.69, 9.17) is 9.47 Å². The van der Waals surface area contributed by atoms with Crippen LogP contribution in [0.5, 0.6) is 11.5 Å². The lowest BCUT2D eigenvalue weighted by molar-refractivity contribution is -0.118. The van der Waals surface area contributed by atoms with Gasteiger partial charge in [0.2, 0.25) is 5.91 Å². The monoisotopic (exact) mass is 387 g/mol. The second-order valence-corrected chi connectivity index (χ2v) is 7.34. The fourth-order valence-electron chi connectivity index (χ4n) is 2.90. The molecule has 1 aliphatic heterocycles. The number of imide groups is 1. The van der Waals surface area contributed by atoms with Gasteiger partial charge in [-0.25, -0.2) is 0 Å². The van der Waals surface area contributed by atoms with Crippen LogP contribution in [0.1, 0.15) is 17.0 Å². The summed E-state index contributed by atoms with van der Waals surface area (Å²) in [7, 11) is 1.60. The van der Waals surface area contributed by atoms with Gasteiger partial charge in [0.25, 0.3) is 5.24 Å². The summed E-state index contributed by atoms with van der Waals surface area (Å²) in [6.07, 6.45) is 0.489. The number of methoxy groups -OCH3 is 1. The third-order valence-corrected chi connectivity index (χ3v) is 5.34. The minimum atomic E-state index is -0.381. The van der Waals surface area contributed by atoms with Gasteiger partial charge in [-0.2, -0.15) is 0 Å². The van der Waals surface area contributed by atoms with Crippen molar-refractivity contribution in [3.63, 3.8) is 0 Å². The fourth-order valence-corrected chi connectivity index (χ4v) is 3.76. The molecule has 0 spiro atoms. The zero-order valence-electron chi connectivity index (χ0n) is 14.9. The summed E-state index contributed by atoms with van der Waals surface area (Å²) >= 11 is 1.02. The number of ether oxygens (including phenoxy) is 2. The van der Waals surface area contributed by atoms with E-state index in [1.54, 1.807) is 7.11 Å².